The van der Waals surface area contributed by atoms with E-state index >= 15 is 0 Å². The molecule has 2 aromatic rings. The van der Waals surface area contributed by atoms with Crippen LogP contribution in [0.15, 0.2) is 42.5 Å². The number of esters is 1. The van der Waals surface area contributed by atoms with E-state index < -0.39 is 0 Å². The fourth-order valence-electron chi connectivity index (χ4n) is 3.68. The van der Waals surface area contributed by atoms with Crippen LogP contribution in [0.3, 0.4) is 0 Å². The van der Waals surface area contributed by atoms with Gasteiger partial charge >= 0.3 is 5.97 Å². The van der Waals surface area contributed by atoms with Crippen molar-refractivity contribution in [2.75, 3.05) is 34.4 Å². The summed E-state index contributed by atoms with van der Waals surface area (Å²) >= 11 is 0. The number of hydrogen-bond donors (Lipinski definition) is 0. The molecule has 0 fully saturated rings. The fourth-order valence-corrected chi connectivity index (χ4v) is 3.68. The maximum absolute atomic E-state index is 13.4. The van der Waals surface area contributed by atoms with Crippen molar-refractivity contribution in [1.29, 1.82) is 0 Å². The van der Waals surface area contributed by atoms with E-state index in [1.54, 1.807) is 26.4 Å². The van der Waals surface area contributed by atoms with E-state index in [9.17, 15) is 9.59 Å². The first kappa shape index (κ1) is 25.2. The van der Waals surface area contributed by atoms with Crippen LogP contribution in [0.4, 0.5) is 0 Å². The number of benzene rings is 2. The van der Waals surface area contributed by atoms with Crippen LogP contribution in [0.2, 0.25) is 0 Å². The normalized spacial score (nSPS) is 10.5. The summed E-state index contributed by atoms with van der Waals surface area (Å²) in [5, 5.41) is 0. The highest BCUT2D eigenvalue weighted by Gasteiger charge is 2.19. The number of aryl methyl sites for hydroxylation is 1. The smallest absolute Gasteiger partial charge is 0.305 e. The lowest BCUT2D eigenvalue weighted by atomic mass is 10.1. The molecule has 0 aliphatic carbocycles. The van der Waals surface area contributed by atoms with Crippen LogP contribution in [0.1, 0.15) is 53.6 Å². The number of methoxy groups -OCH3 is 3. The summed E-state index contributed by atoms with van der Waals surface area (Å²) in [4.78, 5) is 26.6. The molecular formula is C26H35NO5. The fraction of sp³-hybridized carbons (Fsp3) is 0.462. The van der Waals surface area contributed by atoms with Crippen molar-refractivity contribution >= 4 is 11.9 Å². The summed E-state index contributed by atoms with van der Waals surface area (Å²) in [5.74, 6) is 1.03. The zero-order valence-corrected chi connectivity index (χ0v) is 19.7. The molecule has 6 heteroatoms. The monoisotopic (exact) mass is 441 g/mol. The third-order valence-corrected chi connectivity index (χ3v) is 5.56. The molecule has 1 amide bonds. The predicted molar refractivity (Wildman–Crippen MR) is 125 cm³/mol. The minimum absolute atomic E-state index is 0.0392. The maximum atomic E-state index is 13.4. The molecule has 0 aliphatic heterocycles. The second-order valence-electron chi connectivity index (χ2n) is 7.77. The number of rotatable bonds is 13. The molecule has 0 saturated carbocycles. The van der Waals surface area contributed by atoms with Crippen molar-refractivity contribution in [3.8, 4) is 11.5 Å². The van der Waals surface area contributed by atoms with Gasteiger partial charge in [0, 0.05) is 30.6 Å². The van der Waals surface area contributed by atoms with Gasteiger partial charge in [-0.05, 0) is 50.3 Å². The largest absolute Gasteiger partial charge is 0.496 e. The Morgan fingerprint density at radius 2 is 1.47 bits per heavy atom. The van der Waals surface area contributed by atoms with Crippen LogP contribution >= 0.6 is 0 Å². The molecular weight excluding hydrogens is 406 g/mol. The van der Waals surface area contributed by atoms with E-state index in [0.717, 1.165) is 37.7 Å². The van der Waals surface area contributed by atoms with Crippen molar-refractivity contribution in [2.45, 2.75) is 45.4 Å². The molecule has 32 heavy (non-hydrogen) atoms. The van der Waals surface area contributed by atoms with Gasteiger partial charge in [-0.2, -0.15) is 0 Å². The number of carbonyl (C=O) groups excluding carboxylic acids is 2. The van der Waals surface area contributed by atoms with Gasteiger partial charge in [-0.15, -0.1) is 0 Å². The van der Waals surface area contributed by atoms with E-state index in [2.05, 4.69) is 12.1 Å². The number of ether oxygens (including phenoxy) is 3. The number of amides is 1. The highest BCUT2D eigenvalue weighted by molar-refractivity contribution is 5.95. The third-order valence-electron chi connectivity index (χ3n) is 5.56. The van der Waals surface area contributed by atoms with E-state index in [1.165, 1.54) is 12.7 Å². The molecule has 0 saturated heterocycles. The van der Waals surface area contributed by atoms with Gasteiger partial charge in [-0.25, -0.2) is 0 Å². The number of nitrogens with zero attached hydrogens (tertiary/aromatic N) is 1. The van der Waals surface area contributed by atoms with Crippen LogP contribution in [0.5, 0.6) is 11.5 Å². The molecule has 174 valence electrons. The van der Waals surface area contributed by atoms with E-state index in [-0.39, 0.29) is 11.9 Å². The molecule has 0 spiro atoms. The first-order valence-electron chi connectivity index (χ1n) is 11.1. The summed E-state index contributed by atoms with van der Waals surface area (Å²) in [5.41, 5.74) is 2.68. The Morgan fingerprint density at radius 3 is 2.06 bits per heavy atom. The Balaban J connectivity index is 2.07. The molecule has 2 aromatic carbocycles. The molecule has 0 aromatic heterocycles. The van der Waals surface area contributed by atoms with Gasteiger partial charge < -0.3 is 19.1 Å². The van der Waals surface area contributed by atoms with Crippen LogP contribution < -0.4 is 9.47 Å². The molecule has 2 rings (SSSR count). The minimum atomic E-state index is -0.195. The minimum Gasteiger partial charge on any atom is -0.496 e. The van der Waals surface area contributed by atoms with E-state index in [0.29, 0.717) is 36.6 Å². The van der Waals surface area contributed by atoms with Gasteiger partial charge in [0.1, 0.15) is 11.5 Å². The Kier molecular flexibility index (Phi) is 10.6. The highest BCUT2D eigenvalue weighted by atomic mass is 16.5. The van der Waals surface area contributed by atoms with Crippen molar-refractivity contribution in [1.82, 2.24) is 4.90 Å². The summed E-state index contributed by atoms with van der Waals surface area (Å²) in [6, 6.07) is 13.8. The highest BCUT2D eigenvalue weighted by Crippen LogP contribution is 2.30. The van der Waals surface area contributed by atoms with Gasteiger partial charge in [0.15, 0.2) is 0 Å². The summed E-state index contributed by atoms with van der Waals surface area (Å²) in [6.07, 6.45) is 4.63. The Morgan fingerprint density at radius 1 is 0.844 bits per heavy atom. The molecule has 0 unspecified atom stereocenters. The Labute approximate surface area is 191 Å². The first-order chi connectivity index (χ1) is 15.5. The van der Waals surface area contributed by atoms with Gasteiger partial charge in [-0.3, -0.25) is 9.59 Å². The second kappa shape index (κ2) is 13.4. The van der Waals surface area contributed by atoms with E-state index in [4.69, 9.17) is 14.2 Å². The molecule has 0 aliphatic rings. The molecule has 0 bridgehead atoms. The summed E-state index contributed by atoms with van der Waals surface area (Å²) < 4.78 is 15.6. The number of carbonyl (C=O) groups is 2. The Hall–Kier alpha value is -3.02. The van der Waals surface area contributed by atoms with E-state index in [1.807, 2.05) is 30.0 Å². The lowest BCUT2D eigenvalue weighted by Gasteiger charge is -2.24. The van der Waals surface area contributed by atoms with Crippen molar-refractivity contribution in [3.05, 3.63) is 59.2 Å². The van der Waals surface area contributed by atoms with Crippen LogP contribution in [-0.4, -0.2) is 51.2 Å². The Bertz CT molecular complexity index is 841. The van der Waals surface area contributed by atoms with Gasteiger partial charge in [0.05, 0.1) is 21.3 Å². The van der Waals surface area contributed by atoms with Crippen LogP contribution in [0.25, 0.3) is 0 Å². The first-order valence-corrected chi connectivity index (χ1v) is 11.1. The second-order valence-corrected chi connectivity index (χ2v) is 7.77. The number of hydrogen-bond acceptors (Lipinski definition) is 5. The van der Waals surface area contributed by atoms with Crippen LogP contribution in [-0.2, 0) is 16.0 Å². The standard InChI is InChI=1S/C26H35NO5/c1-20-23(30-2)18-22(19-24(20)31-3)26(29)27(16-10-6-9-15-25(28)32-4)17-11-14-21-12-7-5-8-13-21/h5,7-8,12-13,18-19H,6,9-11,14-17H2,1-4H3. The maximum Gasteiger partial charge on any atom is 0.305 e. The van der Waals surface area contributed by atoms with Crippen LogP contribution in [0, 0.1) is 6.92 Å². The molecule has 0 atom stereocenters. The molecule has 0 heterocycles. The third kappa shape index (κ3) is 7.59. The quantitative estimate of drug-likeness (QED) is 0.329. The zero-order chi connectivity index (χ0) is 23.3. The average molecular weight is 442 g/mol. The predicted octanol–water partition coefficient (Wildman–Crippen LogP) is 4.82. The topological polar surface area (TPSA) is 65.1 Å². The average Bonchev–Trinajstić information content (AvgIpc) is 2.82. The zero-order valence-electron chi connectivity index (χ0n) is 19.7. The van der Waals surface area contributed by atoms with Crippen molar-refractivity contribution in [3.63, 3.8) is 0 Å². The van der Waals surface area contributed by atoms with Crippen molar-refractivity contribution < 1.29 is 23.8 Å². The lowest BCUT2D eigenvalue weighted by Crippen LogP contribution is -2.33. The van der Waals surface area contributed by atoms with Crippen molar-refractivity contribution in [2.24, 2.45) is 0 Å². The lowest BCUT2D eigenvalue weighted by molar-refractivity contribution is -0.140. The van der Waals surface area contributed by atoms with Gasteiger partial charge in [0.25, 0.3) is 5.91 Å². The molecule has 0 N–H and O–H groups in total. The summed E-state index contributed by atoms with van der Waals surface area (Å²) in [6.45, 7) is 3.20. The van der Waals surface area contributed by atoms with Gasteiger partial charge in [0.2, 0.25) is 0 Å². The van der Waals surface area contributed by atoms with Gasteiger partial charge in [-0.1, -0.05) is 36.8 Å². The molecule has 6 nitrogen and oxygen atoms in total. The number of unbranched alkanes of at least 4 members (excludes halogenated alkanes) is 2. The molecule has 0 radical (unpaired) electrons. The SMILES string of the molecule is COC(=O)CCCCCN(CCCc1ccccc1)C(=O)c1cc(OC)c(C)c(OC)c1. The summed E-state index contributed by atoms with van der Waals surface area (Å²) in [7, 11) is 4.59.